The molecule has 1 rings (SSSR count). The highest BCUT2D eigenvalue weighted by Gasteiger charge is 2.00. The number of ether oxygens (including phenoxy) is 1. The van der Waals surface area contributed by atoms with Crippen molar-refractivity contribution in [2.75, 3.05) is 6.61 Å². The number of hydrogen-bond donors (Lipinski definition) is 0. The van der Waals surface area contributed by atoms with E-state index in [-0.39, 0.29) is 18.2 Å². The van der Waals surface area contributed by atoms with Gasteiger partial charge in [-0.05, 0) is 13.0 Å². The molecule has 0 saturated heterocycles. The molecule has 0 aliphatic rings. The first-order valence-corrected chi connectivity index (χ1v) is 4.50. The summed E-state index contributed by atoms with van der Waals surface area (Å²) in [5.41, 5.74) is 0.524. The number of hydrogen-bond acceptors (Lipinski definition) is 2. The third-order valence-electron chi connectivity index (χ3n) is 1.81. The van der Waals surface area contributed by atoms with Gasteiger partial charge in [-0.2, -0.15) is 0 Å². The van der Waals surface area contributed by atoms with Crippen LogP contribution in [0.25, 0.3) is 0 Å². The lowest BCUT2D eigenvalue weighted by Gasteiger charge is -2.03. The predicted octanol–water partition coefficient (Wildman–Crippen LogP) is 2.32. The lowest BCUT2D eigenvalue weighted by Crippen LogP contribution is -2.01. The largest absolute Gasteiger partial charge is 0.376 e. The lowest BCUT2D eigenvalue weighted by atomic mass is 10.2. The predicted molar refractivity (Wildman–Crippen MR) is 51.4 cm³/mol. The molecule has 1 aromatic rings. The summed E-state index contributed by atoms with van der Waals surface area (Å²) in [6.07, 6.45) is 0.383. The maximum absolute atomic E-state index is 13.0. The fraction of sp³-hybridized carbons (Fsp3) is 0.364. The van der Waals surface area contributed by atoms with Crippen molar-refractivity contribution in [3.8, 4) is 0 Å². The number of Topliss-reactive ketones (excluding diaryl/α,β-unsaturated/α-hetero) is 1. The maximum atomic E-state index is 13.0. The number of halogens is 1. The van der Waals surface area contributed by atoms with Crippen molar-refractivity contribution in [3.63, 3.8) is 0 Å². The molecule has 2 nitrogen and oxygen atoms in total. The van der Waals surface area contributed by atoms with Gasteiger partial charge in [-0.15, -0.1) is 0 Å². The summed E-state index contributed by atoms with van der Waals surface area (Å²) in [7, 11) is 0. The topological polar surface area (TPSA) is 26.3 Å². The highest BCUT2D eigenvalue weighted by molar-refractivity contribution is 5.75. The highest BCUT2D eigenvalue weighted by Crippen LogP contribution is 2.07. The minimum atomic E-state index is -0.268. The second kappa shape index (κ2) is 5.50. The van der Waals surface area contributed by atoms with Gasteiger partial charge in [0.1, 0.15) is 11.6 Å². The van der Waals surface area contributed by atoms with Gasteiger partial charge >= 0.3 is 0 Å². The Labute approximate surface area is 82.7 Å². The molecule has 0 unspecified atom stereocenters. The third-order valence-corrected chi connectivity index (χ3v) is 1.81. The Morgan fingerprint density at radius 1 is 1.43 bits per heavy atom. The zero-order valence-electron chi connectivity index (χ0n) is 8.13. The van der Waals surface area contributed by atoms with Crippen molar-refractivity contribution in [3.05, 3.63) is 35.6 Å². The van der Waals surface area contributed by atoms with Crippen LogP contribution >= 0.6 is 0 Å². The van der Waals surface area contributed by atoms with E-state index in [1.165, 1.54) is 13.0 Å². The number of ketones is 1. The normalized spacial score (nSPS) is 10.1. The zero-order chi connectivity index (χ0) is 10.4. The average Bonchev–Trinajstić information content (AvgIpc) is 2.15. The summed E-state index contributed by atoms with van der Waals surface area (Å²) in [6.45, 7) is 2.08. The Kier molecular flexibility index (Phi) is 4.26. The number of benzene rings is 1. The quantitative estimate of drug-likeness (QED) is 0.675. The van der Waals surface area contributed by atoms with E-state index in [0.717, 1.165) is 0 Å². The number of rotatable bonds is 5. The van der Waals surface area contributed by atoms with Crippen LogP contribution in [0.3, 0.4) is 0 Å². The first-order valence-electron chi connectivity index (χ1n) is 4.50. The van der Waals surface area contributed by atoms with Crippen LogP contribution in [0.5, 0.6) is 0 Å². The third kappa shape index (κ3) is 3.66. The van der Waals surface area contributed by atoms with E-state index in [4.69, 9.17) is 4.74 Å². The van der Waals surface area contributed by atoms with E-state index in [0.29, 0.717) is 18.6 Å². The van der Waals surface area contributed by atoms with Crippen molar-refractivity contribution in [1.82, 2.24) is 0 Å². The molecule has 0 aliphatic carbocycles. The first kappa shape index (κ1) is 10.9. The van der Waals surface area contributed by atoms with E-state index in [1.54, 1.807) is 18.2 Å². The molecule has 0 bridgehead atoms. The van der Waals surface area contributed by atoms with Crippen LogP contribution in [0.15, 0.2) is 24.3 Å². The van der Waals surface area contributed by atoms with Gasteiger partial charge in [0.2, 0.25) is 0 Å². The molecule has 0 N–H and O–H groups in total. The minimum absolute atomic E-state index is 0.0820. The summed E-state index contributed by atoms with van der Waals surface area (Å²) in [5, 5.41) is 0. The Hall–Kier alpha value is -1.22. The Morgan fingerprint density at radius 3 is 2.79 bits per heavy atom. The van der Waals surface area contributed by atoms with E-state index in [2.05, 4.69) is 0 Å². The van der Waals surface area contributed by atoms with Gasteiger partial charge in [0, 0.05) is 12.0 Å². The second-order valence-corrected chi connectivity index (χ2v) is 3.10. The molecule has 0 radical (unpaired) electrons. The Morgan fingerprint density at radius 2 is 2.14 bits per heavy atom. The van der Waals surface area contributed by atoms with Gasteiger partial charge < -0.3 is 4.74 Å². The van der Waals surface area contributed by atoms with Crippen LogP contribution < -0.4 is 0 Å². The summed E-state index contributed by atoms with van der Waals surface area (Å²) in [4.78, 5) is 10.6. The van der Waals surface area contributed by atoms with Gasteiger partial charge in [0.15, 0.2) is 0 Å². The van der Waals surface area contributed by atoms with Crippen LogP contribution in [-0.4, -0.2) is 12.4 Å². The molecule has 0 saturated carbocycles. The summed E-state index contributed by atoms with van der Waals surface area (Å²) >= 11 is 0. The van der Waals surface area contributed by atoms with Gasteiger partial charge in [-0.25, -0.2) is 4.39 Å². The zero-order valence-corrected chi connectivity index (χ0v) is 8.13. The van der Waals surface area contributed by atoms with Crippen LogP contribution in [0, 0.1) is 5.82 Å². The van der Waals surface area contributed by atoms with Crippen LogP contribution in [0.1, 0.15) is 18.9 Å². The fourth-order valence-electron chi connectivity index (χ4n) is 1.01. The molecule has 0 fully saturated rings. The average molecular weight is 196 g/mol. The Balaban J connectivity index is 2.31. The Bertz CT molecular complexity index is 310. The van der Waals surface area contributed by atoms with E-state index in [1.807, 2.05) is 0 Å². The SMILES string of the molecule is CC(=O)CCOCc1ccccc1F. The smallest absolute Gasteiger partial charge is 0.132 e. The van der Waals surface area contributed by atoms with Crippen molar-refractivity contribution >= 4 is 5.78 Å². The molecule has 0 aliphatic heterocycles. The highest BCUT2D eigenvalue weighted by atomic mass is 19.1. The van der Waals surface area contributed by atoms with Gasteiger partial charge in [-0.1, -0.05) is 18.2 Å². The molecule has 0 atom stereocenters. The van der Waals surface area contributed by atoms with Crippen LogP contribution in [0.2, 0.25) is 0 Å². The number of carbonyl (C=O) groups is 1. The van der Waals surface area contributed by atoms with Crippen molar-refractivity contribution < 1.29 is 13.9 Å². The molecular weight excluding hydrogens is 183 g/mol. The lowest BCUT2D eigenvalue weighted by molar-refractivity contribution is -0.118. The molecule has 1 aromatic carbocycles. The summed E-state index contributed by atoms with van der Waals surface area (Å²) in [5.74, 6) is -0.186. The maximum Gasteiger partial charge on any atom is 0.132 e. The minimum Gasteiger partial charge on any atom is -0.376 e. The van der Waals surface area contributed by atoms with E-state index < -0.39 is 0 Å². The first-order chi connectivity index (χ1) is 6.70. The van der Waals surface area contributed by atoms with Crippen LogP contribution in [-0.2, 0) is 16.1 Å². The van der Waals surface area contributed by atoms with Crippen molar-refractivity contribution in [1.29, 1.82) is 0 Å². The van der Waals surface area contributed by atoms with E-state index >= 15 is 0 Å². The molecule has 0 spiro atoms. The monoisotopic (exact) mass is 196 g/mol. The molecule has 0 heterocycles. The molecule has 3 heteroatoms. The number of carbonyl (C=O) groups excluding carboxylic acids is 1. The molecule has 76 valence electrons. The van der Waals surface area contributed by atoms with Crippen molar-refractivity contribution in [2.24, 2.45) is 0 Å². The summed E-state index contributed by atoms with van der Waals surface area (Å²) < 4.78 is 18.2. The molecule has 0 amide bonds. The van der Waals surface area contributed by atoms with E-state index in [9.17, 15) is 9.18 Å². The molecule has 14 heavy (non-hydrogen) atoms. The molecule has 0 aromatic heterocycles. The van der Waals surface area contributed by atoms with Gasteiger partial charge in [0.05, 0.1) is 13.2 Å². The van der Waals surface area contributed by atoms with Gasteiger partial charge in [-0.3, -0.25) is 4.79 Å². The van der Waals surface area contributed by atoms with Crippen LogP contribution in [0.4, 0.5) is 4.39 Å². The van der Waals surface area contributed by atoms with Gasteiger partial charge in [0.25, 0.3) is 0 Å². The standard InChI is InChI=1S/C11H13FO2/c1-9(13)6-7-14-8-10-4-2-3-5-11(10)12/h2-5H,6-8H2,1H3. The second-order valence-electron chi connectivity index (χ2n) is 3.10. The fourth-order valence-corrected chi connectivity index (χ4v) is 1.01. The summed E-state index contributed by atoms with van der Waals surface area (Å²) in [6, 6.07) is 6.45. The molecular formula is C11H13FO2. The van der Waals surface area contributed by atoms with Crippen molar-refractivity contribution in [2.45, 2.75) is 20.0 Å².